The smallest absolute Gasteiger partial charge is 0.349 e. The third kappa shape index (κ3) is 6.25. The first-order valence-corrected chi connectivity index (χ1v) is 12.2. The van der Waals surface area contributed by atoms with Crippen LogP contribution in [0.3, 0.4) is 0 Å². The average Bonchev–Trinajstić information content (AvgIpc) is 3.12. The molecule has 190 valence electrons. The molecule has 1 aliphatic carbocycles. The van der Waals surface area contributed by atoms with E-state index in [-0.39, 0.29) is 24.9 Å². The van der Waals surface area contributed by atoms with Crippen LogP contribution in [0.15, 0.2) is 36.4 Å². The summed E-state index contributed by atoms with van der Waals surface area (Å²) in [6.45, 7) is 5.83. The number of alkyl halides is 3. The van der Waals surface area contributed by atoms with E-state index in [4.69, 9.17) is 0 Å². The number of rotatable bonds is 7. The van der Waals surface area contributed by atoms with E-state index in [9.17, 15) is 22.8 Å². The highest BCUT2D eigenvalue weighted by molar-refractivity contribution is 5.85. The van der Waals surface area contributed by atoms with Crippen molar-refractivity contribution >= 4 is 11.8 Å². The second-order valence-corrected chi connectivity index (χ2v) is 9.81. The van der Waals surface area contributed by atoms with Crippen LogP contribution in [0.4, 0.5) is 13.2 Å². The number of aromatic nitrogens is 1. The molecule has 6 nitrogen and oxygen atoms in total. The Kier molecular flexibility index (Phi) is 7.54. The fourth-order valence-electron chi connectivity index (χ4n) is 5.36. The monoisotopic (exact) mass is 490 g/mol. The highest BCUT2D eigenvalue weighted by Gasteiger charge is 2.35. The van der Waals surface area contributed by atoms with Crippen LogP contribution in [-0.2, 0) is 22.2 Å². The van der Waals surface area contributed by atoms with Gasteiger partial charge in [-0.05, 0) is 69.4 Å². The summed E-state index contributed by atoms with van der Waals surface area (Å²) in [6.07, 6.45) is 0.160. The number of halogens is 3. The Labute approximate surface area is 203 Å². The Morgan fingerprint density at radius 2 is 1.46 bits per heavy atom. The molecule has 0 bridgehead atoms. The molecule has 1 aromatic carbocycles. The number of hydrogen-bond donors (Lipinski definition) is 2. The van der Waals surface area contributed by atoms with Gasteiger partial charge in [-0.15, -0.1) is 0 Å². The summed E-state index contributed by atoms with van der Waals surface area (Å²) in [6, 6.07) is 10.0. The van der Waals surface area contributed by atoms with Gasteiger partial charge in [-0.3, -0.25) is 14.5 Å². The molecule has 2 fully saturated rings. The molecular weight excluding hydrogens is 457 g/mol. The lowest BCUT2D eigenvalue weighted by Crippen LogP contribution is -2.63. The maximum Gasteiger partial charge on any atom is 0.416 e. The van der Waals surface area contributed by atoms with Gasteiger partial charge < -0.3 is 15.2 Å². The lowest BCUT2D eigenvalue weighted by molar-refractivity contribution is -0.137. The van der Waals surface area contributed by atoms with Gasteiger partial charge in [0.2, 0.25) is 11.8 Å². The van der Waals surface area contributed by atoms with Crippen LogP contribution in [0.1, 0.15) is 54.2 Å². The molecule has 2 heterocycles. The Bertz CT molecular complexity index is 1010. The first kappa shape index (κ1) is 25.3. The van der Waals surface area contributed by atoms with Crippen LogP contribution in [0.2, 0.25) is 0 Å². The molecule has 0 atom stereocenters. The number of nitrogens with zero attached hydrogens (tertiary/aromatic N) is 2. The van der Waals surface area contributed by atoms with Crippen molar-refractivity contribution in [3.05, 3.63) is 58.9 Å². The van der Waals surface area contributed by atoms with Gasteiger partial charge in [-0.1, -0.05) is 12.1 Å². The van der Waals surface area contributed by atoms with Gasteiger partial charge in [0.25, 0.3) is 0 Å². The molecule has 0 unspecified atom stereocenters. The quantitative estimate of drug-likeness (QED) is 0.621. The van der Waals surface area contributed by atoms with Crippen molar-refractivity contribution in [2.75, 3.05) is 19.6 Å². The van der Waals surface area contributed by atoms with E-state index in [1.54, 1.807) is 0 Å². The number of likely N-dealkylation sites (tertiary alicyclic amines) is 1. The predicted octanol–water partition coefficient (Wildman–Crippen LogP) is 3.77. The molecule has 0 radical (unpaired) electrons. The zero-order chi connectivity index (χ0) is 25.2. The third-order valence-electron chi connectivity index (χ3n) is 7.24. The summed E-state index contributed by atoms with van der Waals surface area (Å²) in [4.78, 5) is 26.7. The Morgan fingerprint density at radius 3 is 2.03 bits per heavy atom. The minimum absolute atomic E-state index is 0.0760. The van der Waals surface area contributed by atoms with E-state index in [2.05, 4.69) is 46.1 Å². The van der Waals surface area contributed by atoms with Crippen LogP contribution >= 0.6 is 0 Å². The molecule has 2 aromatic rings. The molecule has 2 N–H and O–H groups in total. The van der Waals surface area contributed by atoms with Crippen molar-refractivity contribution < 1.29 is 22.8 Å². The summed E-state index contributed by atoms with van der Waals surface area (Å²) in [5.41, 5.74) is 2.35. The third-order valence-corrected chi connectivity index (χ3v) is 7.24. The molecule has 1 saturated carbocycles. The Balaban J connectivity index is 1.12. The summed E-state index contributed by atoms with van der Waals surface area (Å²) in [5, 5.41) is 5.49. The fraction of sp³-hybridized carbons (Fsp3) is 0.538. The molecule has 1 aliphatic heterocycles. The highest BCUT2D eigenvalue weighted by Crippen LogP contribution is 2.34. The molecule has 4 rings (SSSR count). The first-order chi connectivity index (χ1) is 16.6. The maximum atomic E-state index is 12.6. The minimum atomic E-state index is -4.41. The van der Waals surface area contributed by atoms with Gasteiger partial charge in [0, 0.05) is 36.6 Å². The van der Waals surface area contributed by atoms with E-state index < -0.39 is 17.6 Å². The highest BCUT2D eigenvalue weighted by atomic mass is 19.4. The van der Waals surface area contributed by atoms with Crippen molar-refractivity contribution in [3.63, 3.8) is 0 Å². The number of aryl methyl sites for hydroxylation is 2. The van der Waals surface area contributed by atoms with Crippen LogP contribution in [0.25, 0.3) is 0 Å². The van der Waals surface area contributed by atoms with Crippen molar-refractivity contribution in [2.24, 2.45) is 0 Å². The minimum Gasteiger partial charge on any atom is -0.349 e. The molecular formula is C26H33F3N4O2. The molecule has 35 heavy (non-hydrogen) atoms. The second kappa shape index (κ2) is 10.4. The molecule has 9 heteroatoms. The number of benzene rings is 1. The van der Waals surface area contributed by atoms with Crippen LogP contribution in [0, 0.1) is 13.8 Å². The van der Waals surface area contributed by atoms with Crippen LogP contribution in [0.5, 0.6) is 0 Å². The van der Waals surface area contributed by atoms with Crippen molar-refractivity contribution in [3.8, 4) is 0 Å². The number of amides is 2. The average molecular weight is 491 g/mol. The second-order valence-electron chi connectivity index (χ2n) is 9.81. The molecule has 2 aliphatic rings. The van der Waals surface area contributed by atoms with E-state index >= 15 is 0 Å². The number of carbonyl (C=O) groups excluding carboxylic acids is 2. The van der Waals surface area contributed by atoms with Crippen LogP contribution < -0.4 is 10.6 Å². The van der Waals surface area contributed by atoms with Crippen molar-refractivity contribution in [2.45, 2.75) is 70.3 Å². The van der Waals surface area contributed by atoms with E-state index in [0.717, 1.165) is 38.1 Å². The van der Waals surface area contributed by atoms with Gasteiger partial charge in [-0.25, -0.2) is 0 Å². The van der Waals surface area contributed by atoms with E-state index in [0.29, 0.717) is 17.6 Å². The fourth-order valence-corrected chi connectivity index (χ4v) is 5.36. The summed E-state index contributed by atoms with van der Waals surface area (Å²) in [7, 11) is 0. The molecule has 1 saturated heterocycles. The lowest BCUT2D eigenvalue weighted by Gasteiger charge is -2.47. The maximum absolute atomic E-state index is 12.6. The summed E-state index contributed by atoms with van der Waals surface area (Å²) < 4.78 is 40.3. The zero-order valence-corrected chi connectivity index (χ0v) is 20.2. The molecule has 1 aromatic heterocycles. The Hall–Kier alpha value is -2.81. The van der Waals surface area contributed by atoms with Crippen molar-refractivity contribution in [1.29, 1.82) is 0 Å². The number of nitrogens with one attached hydrogen (secondary N) is 2. The standard InChI is InChI=1S/C26H33F3N4O2/c1-17-3-4-18(2)33(17)23-11-9-22(10-12-23)32-15-21(16-32)31-25(35)14-30-24(34)13-19-5-7-20(8-6-19)26(27,28)29/h3-8,21-23H,9-16H2,1-2H3,(H,30,34)(H,31,35). The normalized spacial score (nSPS) is 21.4. The molecule has 0 spiro atoms. The first-order valence-electron chi connectivity index (χ1n) is 12.2. The summed E-state index contributed by atoms with van der Waals surface area (Å²) >= 11 is 0. The number of carbonyl (C=O) groups is 2. The largest absolute Gasteiger partial charge is 0.416 e. The van der Waals surface area contributed by atoms with E-state index in [1.807, 2.05) is 0 Å². The van der Waals surface area contributed by atoms with Gasteiger partial charge >= 0.3 is 6.18 Å². The SMILES string of the molecule is Cc1ccc(C)n1C1CCC(N2CC(NC(=O)CNC(=O)Cc3ccc(C(F)(F)F)cc3)C2)CC1. The van der Waals surface area contributed by atoms with Gasteiger partial charge in [-0.2, -0.15) is 13.2 Å². The van der Waals surface area contributed by atoms with Crippen LogP contribution in [-0.4, -0.2) is 53.0 Å². The molecule has 2 amide bonds. The van der Waals surface area contributed by atoms with Gasteiger partial charge in [0.05, 0.1) is 24.6 Å². The van der Waals surface area contributed by atoms with Gasteiger partial charge in [0.1, 0.15) is 0 Å². The van der Waals surface area contributed by atoms with Gasteiger partial charge in [0.15, 0.2) is 0 Å². The number of hydrogen-bond acceptors (Lipinski definition) is 3. The summed E-state index contributed by atoms with van der Waals surface area (Å²) in [5.74, 6) is -0.655. The van der Waals surface area contributed by atoms with E-state index in [1.165, 1.54) is 36.4 Å². The predicted molar refractivity (Wildman–Crippen MR) is 127 cm³/mol. The zero-order valence-electron chi connectivity index (χ0n) is 20.2. The lowest BCUT2D eigenvalue weighted by atomic mass is 9.87. The van der Waals surface area contributed by atoms with Crippen molar-refractivity contribution in [1.82, 2.24) is 20.1 Å². The Morgan fingerprint density at radius 1 is 0.886 bits per heavy atom. The topological polar surface area (TPSA) is 66.4 Å².